The summed E-state index contributed by atoms with van der Waals surface area (Å²) in [6.07, 6.45) is 1.67. The quantitative estimate of drug-likeness (QED) is 0.744. The summed E-state index contributed by atoms with van der Waals surface area (Å²) in [6, 6.07) is 0. The van der Waals surface area contributed by atoms with Gasteiger partial charge in [0, 0.05) is 16.7 Å². The highest BCUT2D eigenvalue weighted by Crippen LogP contribution is 2.72. The third kappa shape index (κ3) is 1.25. The number of hydrogen-bond acceptors (Lipinski definition) is 2. The minimum absolute atomic E-state index is 0.0880. The number of carbonyl (C=O) groups is 1. The lowest BCUT2D eigenvalue weighted by Crippen LogP contribution is -2.47. The number of primary amides is 1. The summed E-state index contributed by atoms with van der Waals surface area (Å²) in [5.41, 5.74) is 4.82. The van der Waals surface area contributed by atoms with Gasteiger partial charge in [0.1, 0.15) is 0 Å². The molecule has 0 heterocycles. The summed E-state index contributed by atoms with van der Waals surface area (Å²) in [4.78, 5) is 11.4. The van der Waals surface area contributed by atoms with Crippen LogP contribution in [0.25, 0.3) is 0 Å². The van der Waals surface area contributed by atoms with Crippen molar-refractivity contribution in [3.63, 3.8) is 0 Å². The maximum Gasteiger partial charge on any atom is 0.218 e. The molecule has 5 heteroatoms. The molecule has 2 rings (SSSR count). The third-order valence-electron chi connectivity index (χ3n) is 4.77. The minimum Gasteiger partial charge on any atom is -0.391 e. The van der Waals surface area contributed by atoms with Crippen LogP contribution in [0.3, 0.4) is 0 Å². The van der Waals surface area contributed by atoms with Crippen molar-refractivity contribution in [1.29, 1.82) is 0 Å². The normalized spacial score (nSPS) is 49.6. The van der Waals surface area contributed by atoms with E-state index in [0.29, 0.717) is 6.42 Å². The van der Waals surface area contributed by atoms with Crippen molar-refractivity contribution in [2.75, 3.05) is 0 Å². The van der Waals surface area contributed by atoms with Gasteiger partial charge in [-0.25, -0.2) is 0 Å². The molecule has 0 aliphatic heterocycles. The Labute approximate surface area is 112 Å². The van der Waals surface area contributed by atoms with Crippen molar-refractivity contribution in [2.24, 2.45) is 16.6 Å². The van der Waals surface area contributed by atoms with Gasteiger partial charge in [-0.15, -0.1) is 0 Å². The summed E-state index contributed by atoms with van der Waals surface area (Å²) < 4.78 is -0.314. The predicted molar refractivity (Wildman–Crippen MR) is 69.6 cm³/mol. The summed E-state index contributed by atoms with van der Waals surface area (Å²) in [5, 5.41) is 10.4. The number of hydrogen-bond donors (Lipinski definition) is 2. The standard InChI is InChI=1S/C11H17Br2NO2/c1-9(2)8(16)11(13)4-3-10(9,7(11)12)5-6(14)15/h7-8,16H,3-5H2,1-2H3,(H2,14,15)/t7-,8-,10+,11+/m0/s1. The first kappa shape index (κ1) is 12.8. The predicted octanol–water partition coefficient (Wildman–Crippen LogP) is 1.94. The van der Waals surface area contributed by atoms with Crippen LogP contribution in [0.2, 0.25) is 0 Å². The van der Waals surface area contributed by atoms with Gasteiger partial charge < -0.3 is 10.8 Å². The van der Waals surface area contributed by atoms with Crippen LogP contribution < -0.4 is 5.73 Å². The van der Waals surface area contributed by atoms with Crippen LogP contribution in [-0.4, -0.2) is 26.3 Å². The molecule has 3 nitrogen and oxygen atoms in total. The van der Waals surface area contributed by atoms with E-state index in [-0.39, 0.29) is 25.9 Å². The number of fused-ring (bicyclic) bond motifs is 2. The molecule has 0 aromatic carbocycles. The van der Waals surface area contributed by atoms with Crippen LogP contribution >= 0.6 is 31.9 Å². The van der Waals surface area contributed by atoms with E-state index in [1.54, 1.807) is 0 Å². The SMILES string of the molecule is CC1(C)[C@H](O)[C@@]2(Br)CC[C@@]1(CC(N)=O)[C@@H]2Br. The fourth-order valence-corrected chi connectivity index (χ4v) is 6.31. The molecule has 92 valence electrons. The molecule has 0 spiro atoms. The van der Waals surface area contributed by atoms with E-state index in [9.17, 15) is 9.90 Å². The van der Waals surface area contributed by atoms with Gasteiger partial charge in [-0.3, -0.25) is 4.79 Å². The molecular weight excluding hydrogens is 338 g/mol. The molecule has 2 aliphatic rings. The monoisotopic (exact) mass is 353 g/mol. The maximum atomic E-state index is 11.3. The lowest BCUT2D eigenvalue weighted by Gasteiger charge is -2.45. The third-order valence-corrected chi connectivity index (χ3v) is 8.37. The Bertz CT molecular complexity index is 347. The van der Waals surface area contributed by atoms with E-state index in [1.165, 1.54) is 0 Å². The topological polar surface area (TPSA) is 63.3 Å². The zero-order chi connectivity index (χ0) is 12.4. The molecule has 1 amide bonds. The zero-order valence-electron chi connectivity index (χ0n) is 9.46. The second kappa shape index (κ2) is 3.45. The maximum absolute atomic E-state index is 11.3. The Morgan fingerprint density at radius 3 is 2.44 bits per heavy atom. The van der Waals surface area contributed by atoms with Crippen LogP contribution in [0, 0.1) is 10.8 Å². The first-order chi connectivity index (χ1) is 7.18. The second-order valence-corrected chi connectivity index (χ2v) is 8.10. The number of carbonyl (C=O) groups excluding carboxylic acids is 1. The van der Waals surface area contributed by atoms with Crippen LogP contribution in [0.5, 0.6) is 0 Å². The zero-order valence-corrected chi connectivity index (χ0v) is 12.6. The molecular formula is C11H17Br2NO2. The molecule has 0 radical (unpaired) electrons. The molecule has 16 heavy (non-hydrogen) atoms. The van der Waals surface area contributed by atoms with Crippen LogP contribution in [-0.2, 0) is 4.79 Å². The first-order valence-corrected chi connectivity index (χ1v) is 7.19. The molecule has 4 atom stereocenters. The van der Waals surface area contributed by atoms with Gasteiger partial charge in [-0.2, -0.15) is 0 Å². The first-order valence-electron chi connectivity index (χ1n) is 5.48. The Balaban J connectivity index is 2.48. The van der Waals surface area contributed by atoms with Crippen LogP contribution in [0.1, 0.15) is 33.1 Å². The molecule has 0 aromatic rings. The number of amides is 1. The van der Waals surface area contributed by atoms with E-state index in [1.807, 2.05) is 13.8 Å². The van der Waals surface area contributed by atoms with Crippen molar-refractivity contribution < 1.29 is 9.90 Å². The highest BCUT2D eigenvalue weighted by atomic mass is 79.9. The van der Waals surface area contributed by atoms with E-state index >= 15 is 0 Å². The van der Waals surface area contributed by atoms with Crippen molar-refractivity contribution >= 4 is 37.8 Å². The largest absolute Gasteiger partial charge is 0.391 e. The molecule has 3 N–H and O–H groups in total. The lowest BCUT2D eigenvalue weighted by atomic mass is 9.62. The van der Waals surface area contributed by atoms with Crippen LogP contribution in [0.4, 0.5) is 0 Å². The van der Waals surface area contributed by atoms with Crippen molar-refractivity contribution in [1.82, 2.24) is 0 Å². The summed E-state index contributed by atoms with van der Waals surface area (Å²) >= 11 is 7.34. The van der Waals surface area contributed by atoms with Gasteiger partial charge in [-0.1, -0.05) is 45.7 Å². The van der Waals surface area contributed by atoms with Gasteiger partial charge in [0.2, 0.25) is 5.91 Å². The number of alkyl halides is 2. The summed E-state index contributed by atoms with van der Waals surface area (Å²) in [7, 11) is 0. The molecule has 0 unspecified atom stereocenters. The van der Waals surface area contributed by atoms with Gasteiger partial charge in [-0.05, 0) is 18.3 Å². The number of aliphatic hydroxyl groups excluding tert-OH is 1. The van der Waals surface area contributed by atoms with Crippen molar-refractivity contribution in [3.8, 4) is 0 Å². The minimum atomic E-state index is -0.461. The van der Waals surface area contributed by atoms with Crippen molar-refractivity contribution in [3.05, 3.63) is 0 Å². The Morgan fingerprint density at radius 1 is 1.50 bits per heavy atom. The van der Waals surface area contributed by atoms with Gasteiger partial charge in [0.05, 0.1) is 10.4 Å². The summed E-state index contributed by atoms with van der Waals surface area (Å²) in [5.74, 6) is -0.289. The molecule has 0 aromatic heterocycles. The Morgan fingerprint density at radius 2 is 2.06 bits per heavy atom. The average Bonchev–Trinajstić information content (AvgIpc) is 2.46. The van der Waals surface area contributed by atoms with E-state index < -0.39 is 6.10 Å². The van der Waals surface area contributed by atoms with E-state index in [2.05, 4.69) is 31.9 Å². The highest BCUT2D eigenvalue weighted by molar-refractivity contribution is 9.12. The number of rotatable bonds is 2. The fraction of sp³-hybridized carbons (Fsp3) is 0.909. The molecule has 0 saturated heterocycles. The fourth-order valence-electron chi connectivity index (χ4n) is 3.64. The van der Waals surface area contributed by atoms with Gasteiger partial charge >= 0.3 is 0 Å². The number of halogens is 2. The number of aliphatic hydroxyl groups is 1. The van der Waals surface area contributed by atoms with Crippen LogP contribution in [0.15, 0.2) is 0 Å². The van der Waals surface area contributed by atoms with Gasteiger partial charge in [0.15, 0.2) is 0 Å². The molecule has 2 fully saturated rings. The highest BCUT2D eigenvalue weighted by Gasteiger charge is 2.73. The molecule has 2 saturated carbocycles. The average molecular weight is 355 g/mol. The Hall–Kier alpha value is 0.390. The van der Waals surface area contributed by atoms with Gasteiger partial charge in [0.25, 0.3) is 0 Å². The van der Waals surface area contributed by atoms with E-state index in [0.717, 1.165) is 12.8 Å². The second-order valence-electron chi connectivity index (χ2n) is 5.71. The Kier molecular flexibility index (Phi) is 2.77. The smallest absolute Gasteiger partial charge is 0.218 e. The van der Waals surface area contributed by atoms with E-state index in [4.69, 9.17) is 5.73 Å². The molecule has 2 aliphatic carbocycles. The van der Waals surface area contributed by atoms with Crippen molar-refractivity contribution in [2.45, 2.75) is 48.4 Å². The summed E-state index contributed by atoms with van der Waals surface area (Å²) in [6.45, 7) is 4.05. The number of nitrogens with two attached hydrogens (primary N) is 1. The molecule has 2 bridgehead atoms. The lowest BCUT2D eigenvalue weighted by molar-refractivity contribution is -0.123.